The number of hydrogen-bond donors (Lipinski definition) is 2. The van der Waals surface area contributed by atoms with Gasteiger partial charge in [0.25, 0.3) is 5.91 Å². The molecule has 0 radical (unpaired) electrons. The minimum Gasteiger partial charge on any atom is -0.468 e. The number of anilines is 1. The lowest BCUT2D eigenvalue weighted by molar-refractivity contribution is -0.139. The first-order valence-corrected chi connectivity index (χ1v) is 8.01. The highest BCUT2D eigenvalue weighted by molar-refractivity contribution is 7.98. The van der Waals surface area contributed by atoms with Gasteiger partial charge >= 0.3 is 5.97 Å². The highest BCUT2D eigenvalue weighted by Crippen LogP contribution is 2.15. The number of benzene rings is 1. The van der Waals surface area contributed by atoms with Gasteiger partial charge in [0.15, 0.2) is 0 Å². The Morgan fingerprint density at radius 3 is 2.38 bits per heavy atom. The molecule has 0 spiro atoms. The third kappa shape index (κ3) is 7.60. The summed E-state index contributed by atoms with van der Waals surface area (Å²) in [6, 6.07) is 5.28. The van der Waals surface area contributed by atoms with Crippen molar-refractivity contribution in [2.75, 3.05) is 38.0 Å². The molecule has 0 heterocycles. The second kappa shape index (κ2) is 11.0. The second-order valence-corrected chi connectivity index (χ2v) is 5.27. The van der Waals surface area contributed by atoms with Gasteiger partial charge in [0.1, 0.15) is 6.54 Å². The Balaban J connectivity index is 0.000000885. The molecule has 21 heavy (non-hydrogen) atoms. The van der Waals surface area contributed by atoms with Crippen LogP contribution < -0.4 is 10.6 Å². The number of rotatable bonds is 5. The van der Waals surface area contributed by atoms with Gasteiger partial charge in [-0.25, -0.2) is 0 Å². The monoisotopic (exact) mass is 312 g/mol. The van der Waals surface area contributed by atoms with E-state index in [1.807, 2.05) is 31.8 Å². The summed E-state index contributed by atoms with van der Waals surface area (Å²) < 4.78 is 4.43. The number of amides is 1. The summed E-state index contributed by atoms with van der Waals surface area (Å²) in [5.41, 5.74) is 2.46. The number of carbonyl (C=O) groups excluding carboxylic acids is 2. The van der Waals surface area contributed by atoms with Crippen molar-refractivity contribution >= 4 is 29.3 Å². The van der Waals surface area contributed by atoms with Gasteiger partial charge in [-0.3, -0.25) is 9.59 Å². The molecule has 0 saturated carbocycles. The maximum Gasteiger partial charge on any atom is 0.325 e. The van der Waals surface area contributed by atoms with Crippen LogP contribution in [-0.4, -0.2) is 44.6 Å². The van der Waals surface area contributed by atoms with Crippen LogP contribution in [0.3, 0.4) is 0 Å². The first-order chi connectivity index (χ1) is 9.99. The molecular weight excluding hydrogens is 288 g/mol. The highest BCUT2D eigenvalue weighted by atomic mass is 32.2. The maximum atomic E-state index is 11.7. The Hall–Kier alpha value is -1.69. The Morgan fingerprint density at radius 1 is 1.33 bits per heavy atom. The van der Waals surface area contributed by atoms with Gasteiger partial charge < -0.3 is 15.4 Å². The smallest absolute Gasteiger partial charge is 0.325 e. The van der Waals surface area contributed by atoms with E-state index in [4.69, 9.17) is 0 Å². The predicted octanol–water partition coefficient (Wildman–Crippen LogP) is 2.31. The van der Waals surface area contributed by atoms with Crippen molar-refractivity contribution in [1.29, 1.82) is 0 Å². The number of carbonyl (C=O) groups is 2. The van der Waals surface area contributed by atoms with Crippen molar-refractivity contribution in [1.82, 2.24) is 5.32 Å². The predicted molar refractivity (Wildman–Crippen MR) is 89.1 cm³/mol. The minimum atomic E-state index is -0.470. The third-order valence-electron chi connectivity index (χ3n) is 2.67. The van der Waals surface area contributed by atoms with Crippen LogP contribution >= 0.6 is 11.8 Å². The van der Waals surface area contributed by atoms with Crippen LogP contribution in [0.4, 0.5) is 5.69 Å². The summed E-state index contributed by atoms with van der Waals surface area (Å²) in [5.74, 6) is 0.475. The molecule has 0 aromatic heterocycles. The topological polar surface area (TPSA) is 67.4 Å². The number of methoxy groups -OCH3 is 1. The summed E-state index contributed by atoms with van der Waals surface area (Å²) >= 11 is 1.86. The van der Waals surface area contributed by atoms with E-state index >= 15 is 0 Å². The molecule has 6 heteroatoms. The quantitative estimate of drug-likeness (QED) is 0.817. The summed E-state index contributed by atoms with van der Waals surface area (Å²) in [5, 5.41) is 5.50. The molecule has 1 aromatic carbocycles. The Bertz CT molecular complexity index is 462. The minimum absolute atomic E-state index is 0.123. The van der Waals surface area contributed by atoms with E-state index in [1.54, 1.807) is 12.1 Å². The van der Waals surface area contributed by atoms with E-state index in [0.29, 0.717) is 5.56 Å². The van der Waals surface area contributed by atoms with Crippen LogP contribution in [0.1, 0.15) is 22.8 Å². The van der Waals surface area contributed by atoms with Crippen LogP contribution in [-0.2, 0) is 9.53 Å². The SMILES string of the molecule is CCSC.CNc1ccc(C(=O)NCC(=O)OC)cc1C. The molecule has 0 bridgehead atoms. The first kappa shape index (κ1) is 19.3. The molecule has 1 aromatic rings. The number of ether oxygens (including phenoxy) is 1. The third-order valence-corrected chi connectivity index (χ3v) is 3.24. The molecular formula is C15H24N2O3S. The number of hydrogen-bond acceptors (Lipinski definition) is 5. The maximum absolute atomic E-state index is 11.7. The van der Waals surface area contributed by atoms with Crippen molar-refractivity contribution in [3.05, 3.63) is 29.3 Å². The molecule has 0 atom stereocenters. The molecule has 0 aliphatic carbocycles. The van der Waals surface area contributed by atoms with E-state index in [1.165, 1.54) is 12.9 Å². The zero-order valence-electron chi connectivity index (χ0n) is 13.3. The van der Waals surface area contributed by atoms with Gasteiger partial charge in [0.2, 0.25) is 0 Å². The second-order valence-electron chi connectivity index (χ2n) is 4.12. The van der Waals surface area contributed by atoms with Crippen molar-refractivity contribution in [3.8, 4) is 0 Å². The molecule has 0 aliphatic rings. The lowest BCUT2D eigenvalue weighted by Crippen LogP contribution is -2.30. The van der Waals surface area contributed by atoms with E-state index in [0.717, 1.165) is 11.3 Å². The molecule has 1 rings (SSSR count). The Labute approximate surface area is 130 Å². The van der Waals surface area contributed by atoms with Crippen LogP contribution in [0.25, 0.3) is 0 Å². The number of esters is 1. The molecule has 118 valence electrons. The van der Waals surface area contributed by atoms with E-state index in [9.17, 15) is 9.59 Å². The van der Waals surface area contributed by atoms with Crippen molar-refractivity contribution in [3.63, 3.8) is 0 Å². The van der Waals surface area contributed by atoms with Gasteiger partial charge in [-0.05, 0) is 42.7 Å². The van der Waals surface area contributed by atoms with Gasteiger partial charge in [-0.15, -0.1) is 0 Å². The molecule has 1 amide bonds. The lowest BCUT2D eigenvalue weighted by Gasteiger charge is -2.08. The zero-order chi connectivity index (χ0) is 16.3. The summed E-state index contributed by atoms with van der Waals surface area (Å²) in [7, 11) is 3.10. The summed E-state index contributed by atoms with van der Waals surface area (Å²) in [6.07, 6.45) is 2.10. The first-order valence-electron chi connectivity index (χ1n) is 6.62. The standard InChI is InChI=1S/C12H16N2O3.C3H8S/c1-8-6-9(4-5-10(8)13-2)12(16)14-7-11(15)17-3;1-3-4-2/h4-6,13H,7H2,1-3H3,(H,14,16);3H2,1-2H3. The number of aryl methyl sites for hydroxylation is 1. The summed E-state index contributed by atoms with van der Waals surface area (Å²) in [6.45, 7) is 3.93. The average molecular weight is 312 g/mol. The van der Waals surface area contributed by atoms with Gasteiger partial charge in [-0.2, -0.15) is 11.8 Å². The number of thioether (sulfide) groups is 1. The Morgan fingerprint density at radius 2 is 1.95 bits per heavy atom. The largest absolute Gasteiger partial charge is 0.468 e. The fourth-order valence-electron chi connectivity index (χ4n) is 1.41. The molecule has 5 nitrogen and oxygen atoms in total. The van der Waals surface area contributed by atoms with Crippen molar-refractivity contribution < 1.29 is 14.3 Å². The fraction of sp³-hybridized carbons (Fsp3) is 0.467. The van der Waals surface area contributed by atoms with E-state index < -0.39 is 5.97 Å². The van der Waals surface area contributed by atoms with Crippen LogP contribution in [0.2, 0.25) is 0 Å². The molecule has 0 fully saturated rings. The molecule has 0 unspecified atom stereocenters. The van der Waals surface area contributed by atoms with Gasteiger partial charge in [0.05, 0.1) is 7.11 Å². The lowest BCUT2D eigenvalue weighted by atomic mass is 10.1. The van der Waals surface area contributed by atoms with Crippen molar-refractivity contribution in [2.24, 2.45) is 0 Å². The van der Waals surface area contributed by atoms with Gasteiger partial charge in [0, 0.05) is 18.3 Å². The summed E-state index contributed by atoms with van der Waals surface area (Å²) in [4.78, 5) is 22.5. The highest BCUT2D eigenvalue weighted by Gasteiger charge is 2.09. The van der Waals surface area contributed by atoms with E-state index in [-0.39, 0.29) is 12.5 Å². The van der Waals surface area contributed by atoms with Gasteiger partial charge in [-0.1, -0.05) is 6.92 Å². The van der Waals surface area contributed by atoms with Crippen molar-refractivity contribution in [2.45, 2.75) is 13.8 Å². The average Bonchev–Trinajstić information content (AvgIpc) is 2.52. The normalized spacial score (nSPS) is 9.19. The van der Waals surface area contributed by atoms with Crippen LogP contribution in [0, 0.1) is 6.92 Å². The Kier molecular flexibility index (Phi) is 10.1. The van der Waals surface area contributed by atoms with Crippen LogP contribution in [0.5, 0.6) is 0 Å². The molecule has 0 aliphatic heterocycles. The zero-order valence-corrected chi connectivity index (χ0v) is 14.1. The fourth-order valence-corrected chi connectivity index (χ4v) is 1.41. The van der Waals surface area contributed by atoms with Crippen LogP contribution in [0.15, 0.2) is 18.2 Å². The molecule has 2 N–H and O–H groups in total. The molecule has 0 saturated heterocycles. The van der Waals surface area contributed by atoms with E-state index in [2.05, 4.69) is 28.5 Å². The number of nitrogens with one attached hydrogen (secondary N) is 2.